The molecule has 3 rings (SSSR count). The van der Waals surface area contributed by atoms with Gasteiger partial charge in [0.05, 0.1) is 6.61 Å². The molecule has 0 amide bonds. The molecule has 0 unspecified atom stereocenters. The zero-order valence-electron chi connectivity index (χ0n) is 14.7. The lowest BCUT2D eigenvalue weighted by Crippen LogP contribution is -2.13. The summed E-state index contributed by atoms with van der Waals surface area (Å²) in [6.07, 6.45) is 9.39. The van der Waals surface area contributed by atoms with E-state index in [1.807, 2.05) is 0 Å². The number of fused-ring (bicyclic) bond motifs is 1. The summed E-state index contributed by atoms with van der Waals surface area (Å²) in [5.41, 5.74) is 1.54. The van der Waals surface area contributed by atoms with Crippen molar-refractivity contribution >= 4 is 10.8 Å². The zero-order valence-corrected chi connectivity index (χ0v) is 14.7. The summed E-state index contributed by atoms with van der Waals surface area (Å²) in [5, 5.41) is 2.64. The number of hydrogen-bond donors (Lipinski definition) is 0. The van der Waals surface area contributed by atoms with Gasteiger partial charge in [-0.05, 0) is 72.4 Å². The van der Waals surface area contributed by atoms with Crippen LogP contribution in [0.15, 0.2) is 36.4 Å². The summed E-state index contributed by atoms with van der Waals surface area (Å²) in [6, 6.07) is 13.5. The SMILES string of the molecule is CCCOc1ccc2cc([C@H]3CC[C@H](CCC)CC3)ccc2c1. The monoisotopic (exact) mass is 310 g/mol. The van der Waals surface area contributed by atoms with E-state index in [4.69, 9.17) is 4.74 Å². The van der Waals surface area contributed by atoms with Crippen LogP contribution in [0.25, 0.3) is 10.8 Å². The van der Waals surface area contributed by atoms with Crippen LogP contribution in [0.3, 0.4) is 0 Å². The summed E-state index contributed by atoms with van der Waals surface area (Å²) < 4.78 is 5.74. The summed E-state index contributed by atoms with van der Waals surface area (Å²) in [4.78, 5) is 0. The second-order valence-electron chi connectivity index (χ2n) is 7.12. The molecule has 1 aliphatic rings. The van der Waals surface area contributed by atoms with Crippen LogP contribution < -0.4 is 4.74 Å². The van der Waals surface area contributed by atoms with Crippen molar-refractivity contribution in [3.8, 4) is 5.75 Å². The van der Waals surface area contributed by atoms with Crippen LogP contribution in [0.5, 0.6) is 5.75 Å². The Morgan fingerprint density at radius 3 is 2.35 bits per heavy atom. The van der Waals surface area contributed by atoms with E-state index in [-0.39, 0.29) is 0 Å². The van der Waals surface area contributed by atoms with Crippen molar-refractivity contribution in [2.45, 2.75) is 64.7 Å². The molecule has 0 N–H and O–H groups in total. The molecule has 0 aromatic heterocycles. The van der Waals surface area contributed by atoms with Gasteiger partial charge in [0.1, 0.15) is 5.75 Å². The quantitative estimate of drug-likeness (QED) is 0.576. The van der Waals surface area contributed by atoms with Gasteiger partial charge in [-0.25, -0.2) is 0 Å². The molecule has 0 saturated heterocycles. The third-order valence-electron chi connectivity index (χ3n) is 5.32. The van der Waals surface area contributed by atoms with E-state index in [1.165, 1.54) is 54.9 Å². The average Bonchev–Trinajstić information content (AvgIpc) is 2.60. The van der Waals surface area contributed by atoms with Crippen LogP contribution in [0.4, 0.5) is 0 Å². The highest BCUT2D eigenvalue weighted by Crippen LogP contribution is 2.38. The number of benzene rings is 2. The van der Waals surface area contributed by atoms with Gasteiger partial charge < -0.3 is 4.74 Å². The molecule has 124 valence electrons. The predicted molar refractivity (Wildman–Crippen MR) is 99.3 cm³/mol. The Morgan fingerprint density at radius 2 is 1.61 bits per heavy atom. The van der Waals surface area contributed by atoms with E-state index in [0.29, 0.717) is 0 Å². The molecule has 1 aliphatic carbocycles. The Labute approximate surface area is 141 Å². The smallest absolute Gasteiger partial charge is 0.119 e. The van der Waals surface area contributed by atoms with Crippen LogP contribution in [0.1, 0.15) is 70.3 Å². The van der Waals surface area contributed by atoms with Crippen molar-refractivity contribution in [3.05, 3.63) is 42.0 Å². The summed E-state index contributed by atoms with van der Waals surface area (Å²) in [5.74, 6) is 2.74. The Hall–Kier alpha value is -1.50. The van der Waals surface area contributed by atoms with Gasteiger partial charge in [-0.15, -0.1) is 0 Å². The highest BCUT2D eigenvalue weighted by molar-refractivity contribution is 5.84. The summed E-state index contributed by atoms with van der Waals surface area (Å²) in [6.45, 7) is 5.25. The molecule has 0 aliphatic heterocycles. The maximum atomic E-state index is 5.74. The number of rotatable bonds is 6. The Kier molecular flexibility index (Phi) is 5.59. The van der Waals surface area contributed by atoms with Gasteiger partial charge in [-0.1, -0.05) is 51.0 Å². The van der Waals surface area contributed by atoms with Crippen LogP contribution in [0.2, 0.25) is 0 Å². The maximum absolute atomic E-state index is 5.74. The summed E-state index contributed by atoms with van der Waals surface area (Å²) >= 11 is 0. The minimum atomic E-state index is 0.767. The first kappa shape index (κ1) is 16.4. The lowest BCUT2D eigenvalue weighted by Gasteiger charge is -2.28. The molecule has 0 radical (unpaired) electrons. The fourth-order valence-electron chi connectivity index (χ4n) is 4.00. The molecule has 1 fully saturated rings. The molecule has 0 spiro atoms. The normalized spacial score (nSPS) is 21.5. The van der Waals surface area contributed by atoms with E-state index in [2.05, 4.69) is 50.2 Å². The van der Waals surface area contributed by atoms with Crippen LogP contribution >= 0.6 is 0 Å². The molecule has 0 atom stereocenters. The van der Waals surface area contributed by atoms with Crippen molar-refractivity contribution in [2.75, 3.05) is 6.61 Å². The van der Waals surface area contributed by atoms with E-state index in [0.717, 1.165) is 30.6 Å². The Morgan fingerprint density at radius 1 is 0.870 bits per heavy atom. The van der Waals surface area contributed by atoms with Crippen molar-refractivity contribution in [1.29, 1.82) is 0 Å². The average molecular weight is 310 g/mol. The first-order valence-corrected chi connectivity index (χ1v) is 9.46. The maximum Gasteiger partial charge on any atom is 0.119 e. The van der Waals surface area contributed by atoms with Crippen LogP contribution in [0, 0.1) is 5.92 Å². The van der Waals surface area contributed by atoms with Gasteiger partial charge in [0, 0.05) is 0 Å². The molecule has 1 saturated carbocycles. The van der Waals surface area contributed by atoms with Gasteiger partial charge in [0.2, 0.25) is 0 Å². The van der Waals surface area contributed by atoms with Crippen molar-refractivity contribution in [1.82, 2.24) is 0 Å². The Bertz CT molecular complexity index is 623. The molecule has 1 heteroatoms. The van der Waals surface area contributed by atoms with Gasteiger partial charge in [0.25, 0.3) is 0 Å². The first-order chi connectivity index (χ1) is 11.3. The van der Waals surface area contributed by atoms with E-state index < -0.39 is 0 Å². The number of hydrogen-bond acceptors (Lipinski definition) is 1. The molecule has 2 aromatic rings. The van der Waals surface area contributed by atoms with Crippen molar-refractivity contribution < 1.29 is 4.74 Å². The van der Waals surface area contributed by atoms with Gasteiger partial charge in [0.15, 0.2) is 0 Å². The van der Waals surface area contributed by atoms with E-state index >= 15 is 0 Å². The molecule has 2 aromatic carbocycles. The minimum absolute atomic E-state index is 0.767. The fourth-order valence-corrected chi connectivity index (χ4v) is 4.00. The largest absolute Gasteiger partial charge is 0.494 e. The van der Waals surface area contributed by atoms with E-state index in [9.17, 15) is 0 Å². The third kappa shape index (κ3) is 4.07. The predicted octanol–water partition coefficient (Wildman–Crippen LogP) is 6.70. The molecule has 1 nitrogen and oxygen atoms in total. The molecule has 0 bridgehead atoms. The van der Waals surface area contributed by atoms with Crippen LogP contribution in [-0.4, -0.2) is 6.61 Å². The second-order valence-corrected chi connectivity index (χ2v) is 7.12. The van der Waals surface area contributed by atoms with Crippen molar-refractivity contribution in [2.24, 2.45) is 5.92 Å². The summed E-state index contributed by atoms with van der Waals surface area (Å²) in [7, 11) is 0. The lowest BCUT2D eigenvalue weighted by molar-refractivity contribution is 0.308. The van der Waals surface area contributed by atoms with Gasteiger partial charge in [-0.2, -0.15) is 0 Å². The molecule has 0 heterocycles. The van der Waals surface area contributed by atoms with Gasteiger partial charge >= 0.3 is 0 Å². The fraction of sp³-hybridized carbons (Fsp3) is 0.545. The minimum Gasteiger partial charge on any atom is -0.494 e. The Balaban J connectivity index is 1.71. The van der Waals surface area contributed by atoms with E-state index in [1.54, 1.807) is 0 Å². The first-order valence-electron chi connectivity index (χ1n) is 9.46. The highest BCUT2D eigenvalue weighted by atomic mass is 16.5. The van der Waals surface area contributed by atoms with Gasteiger partial charge in [-0.3, -0.25) is 0 Å². The molecule has 23 heavy (non-hydrogen) atoms. The third-order valence-corrected chi connectivity index (χ3v) is 5.32. The zero-order chi connectivity index (χ0) is 16.1. The second kappa shape index (κ2) is 7.86. The molecular weight excluding hydrogens is 280 g/mol. The topological polar surface area (TPSA) is 9.23 Å². The lowest BCUT2D eigenvalue weighted by atomic mass is 9.77. The highest BCUT2D eigenvalue weighted by Gasteiger charge is 2.21. The standard InChI is InChI=1S/C22H30O/c1-3-5-17-6-8-18(9-7-17)19-10-11-21-16-22(23-14-4-2)13-12-20(21)15-19/h10-13,15-18H,3-9,14H2,1-2H3/t17-,18-. The van der Waals surface area contributed by atoms with Crippen LogP contribution in [-0.2, 0) is 0 Å². The molecular formula is C22H30O. The number of ether oxygens (including phenoxy) is 1. The van der Waals surface area contributed by atoms with Crippen molar-refractivity contribution in [3.63, 3.8) is 0 Å².